The lowest BCUT2D eigenvalue weighted by atomic mass is 10.2. The number of methoxy groups -OCH3 is 1. The molecular weight excluding hydrogens is 280 g/mol. The number of thiazole rings is 1. The van der Waals surface area contributed by atoms with Gasteiger partial charge in [-0.25, -0.2) is 9.78 Å². The van der Waals surface area contributed by atoms with Crippen LogP contribution in [-0.2, 0) is 9.47 Å². The monoisotopic (exact) mass is 300 g/mol. The summed E-state index contributed by atoms with van der Waals surface area (Å²) in [5.74, 6) is -0.701. The Kier molecular flexibility index (Phi) is 6.60. The summed E-state index contributed by atoms with van der Waals surface area (Å²) < 4.78 is 9.92. The molecule has 1 aromatic heterocycles. The summed E-state index contributed by atoms with van der Waals surface area (Å²) in [7, 11) is 1.59. The minimum atomic E-state index is -0.496. The second kappa shape index (κ2) is 7.96. The Bertz CT molecular complexity index is 461. The molecule has 0 saturated carbocycles. The van der Waals surface area contributed by atoms with Gasteiger partial charge in [-0.15, -0.1) is 11.3 Å². The molecule has 1 heterocycles. The summed E-state index contributed by atoms with van der Waals surface area (Å²) in [5, 5.41) is 1.78. The Balaban J connectivity index is 2.83. The highest BCUT2D eigenvalue weighted by Gasteiger charge is 2.23. The van der Waals surface area contributed by atoms with E-state index < -0.39 is 5.97 Å². The van der Waals surface area contributed by atoms with Gasteiger partial charge in [-0.1, -0.05) is 0 Å². The third kappa shape index (κ3) is 4.01. The molecule has 0 fully saturated rings. The lowest BCUT2D eigenvalue weighted by Crippen LogP contribution is -2.41. The number of carbonyl (C=O) groups excluding carboxylic acids is 2. The van der Waals surface area contributed by atoms with Gasteiger partial charge in [-0.3, -0.25) is 4.79 Å². The van der Waals surface area contributed by atoms with Crippen LogP contribution in [0.25, 0.3) is 0 Å². The molecule has 0 spiro atoms. The molecule has 0 aromatic carbocycles. The van der Waals surface area contributed by atoms with Crippen LogP contribution in [0.4, 0.5) is 0 Å². The molecule has 0 saturated heterocycles. The van der Waals surface area contributed by atoms with Gasteiger partial charge in [-0.05, 0) is 20.8 Å². The van der Waals surface area contributed by atoms with Crippen LogP contribution in [0.2, 0.25) is 0 Å². The molecule has 0 aliphatic rings. The molecular formula is C13H20N2O4S. The molecule has 1 rings (SSSR count). The molecule has 1 atom stereocenters. The third-order valence-corrected chi connectivity index (χ3v) is 3.54. The number of likely N-dealkylation sites (N-methyl/N-ethyl adjacent to an activating group) is 1. The largest absolute Gasteiger partial charge is 0.461 e. The van der Waals surface area contributed by atoms with Crippen LogP contribution in [-0.4, -0.2) is 54.7 Å². The average Bonchev–Trinajstić information content (AvgIpc) is 2.89. The second-order valence-corrected chi connectivity index (χ2v) is 5.01. The van der Waals surface area contributed by atoms with Crippen molar-refractivity contribution in [2.24, 2.45) is 0 Å². The van der Waals surface area contributed by atoms with Crippen LogP contribution in [0.5, 0.6) is 0 Å². The van der Waals surface area contributed by atoms with Crippen LogP contribution >= 0.6 is 11.3 Å². The number of ether oxygens (including phenoxy) is 2. The van der Waals surface area contributed by atoms with Crippen molar-refractivity contribution in [3.8, 4) is 0 Å². The molecule has 0 radical (unpaired) electrons. The number of hydrogen-bond donors (Lipinski definition) is 0. The van der Waals surface area contributed by atoms with Crippen molar-refractivity contribution in [1.29, 1.82) is 0 Å². The zero-order valence-electron chi connectivity index (χ0n) is 12.2. The van der Waals surface area contributed by atoms with Crippen LogP contribution in [0.15, 0.2) is 5.38 Å². The number of rotatable bonds is 7. The topological polar surface area (TPSA) is 68.7 Å². The zero-order valence-corrected chi connectivity index (χ0v) is 13.0. The first-order valence-corrected chi connectivity index (χ1v) is 7.35. The normalized spacial score (nSPS) is 12.0. The molecule has 1 aromatic rings. The van der Waals surface area contributed by atoms with E-state index in [1.165, 1.54) is 0 Å². The highest BCUT2D eigenvalue weighted by molar-refractivity contribution is 7.11. The number of aromatic nitrogens is 1. The van der Waals surface area contributed by atoms with E-state index in [9.17, 15) is 9.59 Å². The van der Waals surface area contributed by atoms with Crippen molar-refractivity contribution in [3.63, 3.8) is 0 Å². The van der Waals surface area contributed by atoms with Gasteiger partial charge < -0.3 is 14.4 Å². The fourth-order valence-electron chi connectivity index (χ4n) is 1.79. The van der Waals surface area contributed by atoms with Gasteiger partial charge in [0.15, 0.2) is 0 Å². The van der Waals surface area contributed by atoms with Gasteiger partial charge in [0, 0.05) is 19.0 Å². The first-order chi connectivity index (χ1) is 9.54. The molecule has 6 nitrogen and oxygen atoms in total. The highest BCUT2D eigenvalue weighted by atomic mass is 32.1. The summed E-state index contributed by atoms with van der Waals surface area (Å²) in [6.45, 7) is 6.81. The van der Waals surface area contributed by atoms with E-state index in [4.69, 9.17) is 9.47 Å². The summed E-state index contributed by atoms with van der Waals surface area (Å²) in [6, 6.07) is -0.0507. The van der Waals surface area contributed by atoms with Crippen molar-refractivity contribution < 1.29 is 19.1 Å². The molecule has 0 aliphatic heterocycles. The Morgan fingerprint density at radius 1 is 1.45 bits per heavy atom. The van der Waals surface area contributed by atoms with Crippen molar-refractivity contribution >= 4 is 23.2 Å². The van der Waals surface area contributed by atoms with E-state index in [1.54, 1.807) is 24.3 Å². The summed E-state index contributed by atoms with van der Waals surface area (Å²) in [5.41, 5.74) is 0.267. The van der Waals surface area contributed by atoms with Crippen LogP contribution in [0.1, 0.15) is 41.1 Å². The van der Waals surface area contributed by atoms with Gasteiger partial charge in [0.25, 0.3) is 5.91 Å². The number of amides is 1. The van der Waals surface area contributed by atoms with Gasteiger partial charge in [0.1, 0.15) is 5.69 Å². The van der Waals surface area contributed by atoms with E-state index in [0.29, 0.717) is 13.2 Å². The predicted molar refractivity (Wildman–Crippen MR) is 76.1 cm³/mol. The van der Waals surface area contributed by atoms with Crippen LogP contribution in [0, 0.1) is 0 Å². The molecule has 7 heteroatoms. The molecule has 112 valence electrons. The van der Waals surface area contributed by atoms with Gasteiger partial charge >= 0.3 is 5.97 Å². The first-order valence-electron chi connectivity index (χ1n) is 6.47. The van der Waals surface area contributed by atoms with Crippen molar-refractivity contribution in [3.05, 3.63) is 16.1 Å². The molecule has 20 heavy (non-hydrogen) atoms. The molecule has 0 aliphatic carbocycles. The van der Waals surface area contributed by atoms with E-state index in [1.807, 2.05) is 13.8 Å². The maximum absolute atomic E-state index is 12.3. The van der Waals surface area contributed by atoms with E-state index in [2.05, 4.69) is 4.98 Å². The molecule has 0 N–H and O–H groups in total. The van der Waals surface area contributed by atoms with E-state index in [-0.39, 0.29) is 29.3 Å². The Morgan fingerprint density at radius 3 is 2.70 bits per heavy atom. The maximum atomic E-state index is 12.3. The van der Waals surface area contributed by atoms with Crippen molar-refractivity contribution in [2.75, 3.05) is 26.9 Å². The number of carbonyl (C=O) groups is 2. The Hall–Kier alpha value is -1.47. The lowest BCUT2D eigenvalue weighted by molar-refractivity contribution is 0.0525. The molecule has 1 amide bonds. The average molecular weight is 300 g/mol. The van der Waals surface area contributed by atoms with Crippen molar-refractivity contribution in [2.45, 2.75) is 26.8 Å². The number of nitrogens with zero attached hydrogens (tertiary/aromatic N) is 2. The molecule has 0 bridgehead atoms. The summed E-state index contributed by atoms with van der Waals surface area (Å²) in [4.78, 5) is 29.6. The SMILES string of the molecule is CCOC(=O)c1nc(C(=O)N(CC)C(C)COC)cs1. The summed E-state index contributed by atoms with van der Waals surface area (Å²) in [6.07, 6.45) is 0. The summed E-state index contributed by atoms with van der Waals surface area (Å²) >= 11 is 1.11. The van der Waals surface area contributed by atoms with Gasteiger partial charge in [0.2, 0.25) is 5.01 Å². The Morgan fingerprint density at radius 2 is 2.15 bits per heavy atom. The predicted octanol–water partition coefficient (Wildman–Crippen LogP) is 1.82. The Labute approximate surface area is 122 Å². The first kappa shape index (κ1) is 16.6. The van der Waals surface area contributed by atoms with Crippen molar-refractivity contribution in [1.82, 2.24) is 9.88 Å². The fraction of sp³-hybridized carbons (Fsp3) is 0.615. The fourth-order valence-corrected chi connectivity index (χ4v) is 2.48. The molecule has 1 unspecified atom stereocenters. The smallest absolute Gasteiger partial charge is 0.367 e. The minimum Gasteiger partial charge on any atom is -0.461 e. The second-order valence-electron chi connectivity index (χ2n) is 4.15. The highest BCUT2D eigenvalue weighted by Crippen LogP contribution is 2.14. The minimum absolute atomic E-state index is 0.0507. The van der Waals surface area contributed by atoms with E-state index in [0.717, 1.165) is 11.3 Å². The van der Waals surface area contributed by atoms with Crippen LogP contribution < -0.4 is 0 Å². The van der Waals surface area contributed by atoms with E-state index >= 15 is 0 Å². The lowest BCUT2D eigenvalue weighted by Gasteiger charge is -2.26. The third-order valence-electron chi connectivity index (χ3n) is 2.71. The standard InChI is InChI=1S/C13H20N2O4S/c1-5-15(9(3)7-18-4)12(16)10-8-20-11(14-10)13(17)19-6-2/h8-9H,5-7H2,1-4H3. The van der Waals surface area contributed by atoms with Crippen LogP contribution in [0.3, 0.4) is 0 Å². The quantitative estimate of drug-likeness (QED) is 0.718. The van der Waals surface area contributed by atoms with Gasteiger partial charge in [-0.2, -0.15) is 0 Å². The maximum Gasteiger partial charge on any atom is 0.367 e. The van der Waals surface area contributed by atoms with Gasteiger partial charge in [0.05, 0.1) is 19.3 Å². The zero-order chi connectivity index (χ0) is 15.1. The number of esters is 1. The number of hydrogen-bond acceptors (Lipinski definition) is 6.